The highest BCUT2D eigenvalue weighted by Gasteiger charge is 2.09. The molecule has 2 aromatic carbocycles. The highest BCUT2D eigenvalue weighted by atomic mass is 32.1. The van der Waals surface area contributed by atoms with Crippen molar-refractivity contribution in [1.82, 2.24) is 4.98 Å². The molecule has 2 heterocycles. The molecule has 3 nitrogen and oxygen atoms in total. The molecule has 4 aromatic rings. The largest absolute Gasteiger partial charge is 0.298 e. The summed E-state index contributed by atoms with van der Waals surface area (Å²) in [4.78, 5) is 17.7. The first-order chi connectivity index (χ1) is 12.3. The van der Waals surface area contributed by atoms with E-state index in [1.807, 2.05) is 41.1 Å². The van der Waals surface area contributed by atoms with E-state index in [-0.39, 0.29) is 5.91 Å². The number of carbonyl (C=O) groups is 1. The summed E-state index contributed by atoms with van der Waals surface area (Å²) in [6, 6.07) is 18.3. The van der Waals surface area contributed by atoms with Crippen molar-refractivity contribution in [3.8, 4) is 11.3 Å². The molecular weight excluding hydrogens is 348 g/mol. The zero-order valence-corrected chi connectivity index (χ0v) is 14.8. The minimum Gasteiger partial charge on any atom is -0.298 e. The van der Waals surface area contributed by atoms with Crippen LogP contribution in [0.2, 0.25) is 0 Å². The van der Waals surface area contributed by atoms with Gasteiger partial charge in [-0.2, -0.15) is 0 Å². The molecule has 1 N–H and O–H groups in total. The number of aromatic nitrogens is 1. The van der Waals surface area contributed by atoms with Gasteiger partial charge in [0.25, 0.3) is 0 Å². The Morgan fingerprint density at radius 3 is 2.76 bits per heavy atom. The summed E-state index contributed by atoms with van der Waals surface area (Å²) in [6.45, 7) is 0. The lowest BCUT2D eigenvalue weighted by Crippen LogP contribution is -2.07. The predicted octanol–water partition coefficient (Wildman–Crippen LogP) is 5.68. The average Bonchev–Trinajstić information content (AvgIpc) is 3.31. The third kappa shape index (κ3) is 3.52. The third-order valence-electron chi connectivity index (χ3n) is 3.74. The monoisotopic (exact) mass is 362 g/mol. The van der Waals surface area contributed by atoms with E-state index in [0.717, 1.165) is 21.5 Å². The molecule has 2 aromatic heterocycles. The van der Waals surface area contributed by atoms with E-state index in [9.17, 15) is 4.79 Å². The SMILES string of the molecule is O=C(C=Cc1cccs1)Nc1nc(-c2cccc3ccccc23)cs1. The van der Waals surface area contributed by atoms with Crippen molar-refractivity contribution in [3.05, 3.63) is 76.3 Å². The zero-order chi connectivity index (χ0) is 17.1. The molecule has 0 fully saturated rings. The first-order valence-corrected chi connectivity index (χ1v) is 9.52. The van der Waals surface area contributed by atoms with Crippen molar-refractivity contribution < 1.29 is 4.79 Å². The smallest absolute Gasteiger partial charge is 0.250 e. The van der Waals surface area contributed by atoms with Crippen LogP contribution in [0.3, 0.4) is 0 Å². The van der Waals surface area contributed by atoms with Crippen LogP contribution >= 0.6 is 22.7 Å². The summed E-state index contributed by atoms with van der Waals surface area (Å²) in [6.07, 6.45) is 3.34. The van der Waals surface area contributed by atoms with E-state index in [2.05, 4.69) is 34.6 Å². The van der Waals surface area contributed by atoms with E-state index >= 15 is 0 Å². The molecule has 0 aliphatic rings. The van der Waals surface area contributed by atoms with Crippen LogP contribution in [0.4, 0.5) is 5.13 Å². The van der Waals surface area contributed by atoms with Gasteiger partial charge >= 0.3 is 0 Å². The Morgan fingerprint density at radius 2 is 1.88 bits per heavy atom. The van der Waals surface area contributed by atoms with Gasteiger partial charge in [-0.15, -0.1) is 22.7 Å². The molecule has 0 aliphatic carbocycles. The van der Waals surface area contributed by atoms with Gasteiger partial charge in [-0.3, -0.25) is 10.1 Å². The third-order valence-corrected chi connectivity index (χ3v) is 5.34. The van der Waals surface area contributed by atoms with Crippen LogP contribution in [-0.4, -0.2) is 10.9 Å². The number of anilines is 1. The zero-order valence-electron chi connectivity index (χ0n) is 13.2. The van der Waals surface area contributed by atoms with Crippen molar-refractivity contribution in [2.75, 3.05) is 5.32 Å². The number of hydrogen-bond donors (Lipinski definition) is 1. The van der Waals surface area contributed by atoms with Crippen LogP contribution in [0.15, 0.2) is 71.4 Å². The van der Waals surface area contributed by atoms with Gasteiger partial charge in [0, 0.05) is 21.9 Å². The lowest BCUT2D eigenvalue weighted by Gasteiger charge is -2.03. The Kier molecular flexibility index (Phi) is 4.41. The molecule has 1 amide bonds. The molecule has 0 unspecified atom stereocenters. The van der Waals surface area contributed by atoms with Crippen LogP contribution in [-0.2, 0) is 4.79 Å². The van der Waals surface area contributed by atoms with Crippen molar-refractivity contribution in [3.63, 3.8) is 0 Å². The molecule has 122 valence electrons. The summed E-state index contributed by atoms with van der Waals surface area (Å²) < 4.78 is 0. The number of rotatable bonds is 4. The second kappa shape index (κ2) is 7.01. The van der Waals surface area contributed by atoms with Crippen molar-refractivity contribution >= 4 is 50.6 Å². The highest BCUT2D eigenvalue weighted by molar-refractivity contribution is 7.14. The van der Waals surface area contributed by atoms with Crippen molar-refractivity contribution in [2.24, 2.45) is 0 Å². The summed E-state index contributed by atoms with van der Waals surface area (Å²) in [5.41, 5.74) is 1.95. The lowest BCUT2D eigenvalue weighted by atomic mass is 10.0. The van der Waals surface area contributed by atoms with Crippen molar-refractivity contribution in [1.29, 1.82) is 0 Å². The number of nitrogens with one attached hydrogen (secondary N) is 1. The number of amides is 1. The number of hydrogen-bond acceptors (Lipinski definition) is 4. The Hall–Kier alpha value is -2.76. The van der Waals surface area contributed by atoms with Gasteiger partial charge in [0.1, 0.15) is 0 Å². The number of benzene rings is 2. The number of thiophene rings is 1. The van der Waals surface area contributed by atoms with E-state index < -0.39 is 0 Å². The summed E-state index contributed by atoms with van der Waals surface area (Å²) in [5.74, 6) is -0.174. The Morgan fingerprint density at radius 1 is 1.00 bits per heavy atom. The number of fused-ring (bicyclic) bond motifs is 1. The molecule has 0 saturated carbocycles. The number of carbonyl (C=O) groups excluding carboxylic acids is 1. The van der Waals surface area contributed by atoms with Crippen LogP contribution in [0.25, 0.3) is 28.1 Å². The minimum absolute atomic E-state index is 0.174. The quantitative estimate of drug-likeness (QED) is 0.475. The first kappa shape index (κ1) is 15.7. The molecule has 5 heteroatoms. The van der Waals surface area contributed by atoms with E-state index in [1.165, 1.54) is 22.8 Å². The van der Waals surface area contributed by atoms with Gasteiger partial charge in [0.05, 0.1) is 5.69 Å². The Labute approximate surface area is 153 Å². The summed E-state index contributed by atoms with van der Waals surface area (Å²) >= 11 is 3.02. The van der Waals surface area contributed by atoms with Gasteiger partial charge in [0.15, 0.2) is 5.13 Å². The predicted molar refractivity (Wildman–Crippen MR) is 107 cm³/mol. The lowest BCUT2D eigenvalue weighted by molar-refractivity contribution is -0.111. The van der Waals surface area contributed by atoms with E-state index in [0.29, 0.717) is 5.13 Å². The maximum Gasteiger partial charge on any atom is 0.250 e. The summed E-state index contributed by atoms with van der Waals surface area (Å²) in [5, 5.41) is 9.72. The Balaban J connectivity index is 1.55. The maximum absolute atomic E-state index is 12.0. The second-order valence-electron chi connectivity index (χ2n) is 5.40. The van der Waals surface area contributed by atoms with Gasteiger partial charge in [0.2, 0.25) is 5.91 Å². The summed E-state index contributed by atoms with van der Waals surface area (Å²) in [7, 11) is 0. The molecule has 0 radical (unpaired) electrons. The molecule has 4 rings (SSSR count). The maximum atomic E-state index is 12.0. The molecular formula is C20H14N2OS2. The van der Waals surface area contributed by atoms with Crippen LogP contribution in [0.1, 0.15) is 4.88 Å². The van der Waals surface area contributed by atoms with E-state index in [4.69, 9.17) is 0 Å². The number of nitrogens with zero attached hydrogens (tertiary/aromatic N) is 1. The minimum atomic E-state index is -0.174. The first-order valence-electron chi connectivity index (χ1n) is 7.76. The molecule has 0 saturated heterocycles. The molecule has 0 bridgehead atoms. The Bertz CT molecular complexity index is 1040. The van der Waals surface area contributed by atoms with E-state index in [1.54, 1.807) is 17.4 Å². The van der Waals surface area contributed by atoms with Gasteiger partial charge < -0.3 is 0 Å². The van der Waals surface area contributed by atoms with Gasteiger partial charge in [-0.1, -0.05) is 48.5 Å². The standard InChI is InChI=1S/C20H14N2OS2/c23-19(11-10-15-7-4-12-24-15)22-20-21-18(13-25-20)17-9-3-6-14-5-1-2-8-16(14)17/h1-13H,(H,21,22,23). The van der Waals surface area contributed by atoms with Gasteiger partial charge in [-0.05, 0) is 28.3 Å². The van der Waals surface area contributed by atoms with Crippen LogP contribution in [0.5, 0.6) is 0 Å². The normalized spacial score (nSPS) is 11.2. The fourth-order valence-electron chi connectivity index (χ4n) is 2.59. The van der Waals surface area contributed by atoms with Crippen LogP contribution in [0, 0.1) is 0 Å². The molecule has 0 aliphatic heterocycles. The van der Waals surface area contributed by atoms with Gasteiger partial charge in [-0.25, -0.2) is 4.98 Å². The fraction of sp³-hybridized carbons (Fsp3) is 0. The average molecular weight is 362 g/mol. The topological polar surface area (TPSA) is 42.0 Å². The molecule has 25 heavy (non-hydrogen) atoms. The fourth-order valence-corrected chi connectivity index (χ4v) is 3.93. The second-order valence-corrected chi connectivity index (χ2v) is 7.24. The molecule has 0 atom stereocenters. The van der Waals surface area contributed by atoms with Crippen molar-refractivity contribution in [2.45, 2.75) is 0 Å². The number of thiazole rings is 1. The van der Waals surface area contributed by atoms with Crippen LogP contribution < -0.4 is 5.32 Å². The highest BCUT2D eigenvalue weighted by Crippen LogP contribution is 2.30. The molecule has 0 spiro atoms.